The van der Waals surface area contributed by atoms with Crippen molar-refractivity contribution in [2.45, 2.75) is 31.2 Å². The minimum absolute atomic E-state index is 0.0317. The Morgan fingerprint density at radius 2 is 1.62 bits per heavy atom. The molecule has 0 atom stereocenters. The average molecular weight is 498 g/mol. The van der Waals surface area contributed by atoms with Gasteiger partial charge in [-0.05, 0) is 86.9 Å². The van der Waals surface area contributed by atoms with E-state index >= 15 is 0 Å². The molecule has 178 valence electrons. The Bertz CT molecular complexity index is 1240. The highest BCUT2D eigenvalue weighted by molar-refractivity contribution is 7.92. The second-order valence-corrected chi connectivity index (χ2v) is 10.8. The summed E-state index contributed by atoms with van der Waals surface area (Å²) >= 11 is 6.07. The van der Waals surface area contributed by atoms with Gasteiger partial charge in [-0.2, -0.15) is 0 Å². The largest absolute Gasteiger partial charge is 0.326 e. The molecule has 0 radical (unpaired) electrons. The van der Waals surface area contributed by atoms with E-state index in [0.717, 1.165) is 43.1 Å². The summed E-state index contributed by atoms with van der Waals surface area (Å²) in [6.07, 6.45) is 1.55. The van der Waals surface area contributed by atoms with E-state index in [0.29, 0.717) is 11.4 Å². The summed E-state index contributed by atoms with van der Waals surface area (Å²) in [6, 6.07) is 21.2. The fourth-order valence-electron chi connectivity index (χ4n) is 4.04. The Morgan fingerprint density at radius 3 is 2.26 bits per heavy atom. The number of carbonyl (C=O) groups is 1. The lowest BCUT2D eigenvalue weighted by Crippen LogP contribution is -2.37. The molecule has 3 aromatic carbocycles. The number of nitrogens with one attached hydrogen (secondary N) is 2. The Morgan fingerprint density at radius 1 is 0.971 bits per heavy atom. The van der Waals surface area contributed by atoms with Gasteiger partial charge in [-0.1, -0.05) is 41.4 Å². The highest BCUT2D eigenvalue weighted by Gasteiger charge is 2.25. The number of aryl methyl sites for hydroxylation is 1. The van der Waals surface area contributed by atoms with Crippen molar-refractivity contribution in [2.75, 3.05) is 23.1 Å². The van der Waals surface area contributed by atoms with Crippen LogP contribution in [0.2, 0.25) is 5.02 Å². The summed E-state index contributed by atoms with van der Waals surface area (Å²) in [7, 11) is -3.70. The second kappa shape index (κ2) is 10.6. The summed E-state index contributed by atoms with van der Waals surface area (Å²) < 4.78 is 27.8. The van der Waals surface area contributed by atoms with E-state index in [1.165, 1.54) is 17.7 Å². The van der Waals surface area contributed by atoms with Gasteiger partial charge in [0.1, 0.15) is 0 Å². The fraction of sp³-hybridized carbons (Fsp3) is 0.269. The molecule has 1 aliphatic heterocycles. The first-order chi connectivity index (χ1) is 16.3. The molecule has 0 unspecified atom stereocenters. The van der Waals surface area contributed by atoms with Crippen molar-refractivity contribution in [3.63, 3.8) is 0 Å². The SMILES string of the molecule is Cc1ccc(NS(=O)(=O)c2ccc(NC(=O)C3CCN(Cc4cccc(Cl)c4)CC3)cc2)cc1. The van der Waals surface area contributed by atoms with Crippen LogP contribution >= 0.6 is 11.6 Å². The van der Waals surface area contributed by atoms with Gasteiger partial charge >= 0.3 is 0 Å². The van der Waals surface area contributed by atoms with Crippen LogP contribution in [0.4, 0.5) is 11.4 Å². The molecule has 1 heterocycles. The Labute approximate surface area is 206 Å². The summed E-state index contributed by atoms with van der Waals surface area (Å²) in [5.74, 6) is -0.0991. The number of carbonyl (C=O) groups excluding carboxylic acids is 1. The lowest BCUT2D eigenvalue weighted by atomic mass is 9.95. The first-order valence-electron chi connectivity index (χ1n) is 11.3. The second-order valence-electron chi connectivity index (χ2n) is 8.67. The fourth-order valence-corrected chi connectivity index (χ4v) is 5.32. The number of nitrogens with zero attached hydrogens (tertiary/aromatic N) is 1. The molecule has 0 aliphatic carbocycles. The maximum atomic E-state index is 12.7. The van der Waals surface area contributed by atoms with E-state index in [2.05, 4.69) is 21.0 Å². The molecule has 8 heteroatoms. The highest BCUT2D eigenvalue weighted by atomic mass is 35.5. The molecule has 2 N–H and O–H groups in total. The predicted octanol–water partition coefficient (Wildman–Crippen LogP) is 5.30. The van der Waals surface area contributed by atoms with Crippen molar-refractivity contribution >= 4 is 38.9 Å². The molecule has 3 aromatic rings. The van der Waals surface area contributed by atoms with Crippen LogP contribution in [-0.4, -0.2) is 32.3 Å². The van der Waals surface area contributed by atoms with Gasteiger partial charge in [0.05, 0.1) is 4.90 Å². The quantitative estimate of drug-likeness (QED) is 0.464. The van der Waals surface area contributed by atoms with Crippen LogP contribution in [0.5, 0.6) is 0 Å². The molecule has 1 amide bonds. The molecule has 1 saturated heterocycles. The molecule has 6 nitrogen and oxygen atoms in total. The molecular formula is C26H28ClN3O3S. The molecule has 0 saturated carbocycles. The third kappa shape index (κ3) is 6.38. The Hall–Kier alpha value is -2.87. The normalized spacial score (nSPS) is 15.1. The molecule has 0 aromatic heterocycles. The zero-order valence-electron chi connectivity index (χ0n) is 19.0. The predicted molar refractivity (Wildman–Crippen MR) is 137 cm³/mol. The zero-order chi connectivity index (χ0) is 24.1. The molecule has 0 spiro atoms. The van der Waals surface area contributed by atoms with E-state index in [1.54, 1.807) is 24.3 Å². The number of rotatable bonds is 7. The van der Waals surface area contributed by atoms with Crippen LogP contribution in [0.1, 0.15) is 24.0 Å². The molecule has 4 rings (SSSR count). The van der Waals surface area contributed by atoms with Gasteiger partial charge in [-0.15, -0.1) is 0 Å². The van der Waals surface area contributed by atoms with Gasteiger partial charge in [-0.25, -0.2) is 8.42 Å². The van der Waals surface area contributed by atoms with Crippen LogP contribution in [0, 0.1) is 12.8 Å². The van der Waals surface area contributed by atoms with Crippen molar-refractivity contribution < 1.29 is 13.2 Å². The maximum Gasteiger partial charge on any atom is 0.261 e. The third-order valence-electron chi connectivity index (χ3n) is 5.99. The topological polar surface area (TPSA) is 78.5 Å². The first kappa shape index (κ1) is 24.3. The number of hydrogen-bond donors (Lipinski definition) is 2. The molecule has 0 bridgehead atoms. The average Bonchev–Trinajstić information content (AvgIpc) is 2.81. The minimum Gasteiger partial charge on any atom is -0.326 e. The molecule has 1 aliphatic rings. The summed E-state index contributed by atoms with van der Waals surface area (Å²) in [4.78, 5) is 15.2. The van der Waals surface area contributed by atoms with E-state index in [9.17, 15) is 13.2 Å². The Balaban J connectivity index is 1.29. The highest BCUT2D eigenvalue weighted by Crippen LogP contribution is 2.23. The lowest BCUT2D eigenvalue weighted by Gasteiger charge is -2.31. The summed E-state index contributed by atoms with van der Waals surface area (Å²) in [5, 5.41) is 3.66. The number of halogens is 1. The first-order valence-corrected chi connectivity index (χ1v) is 13.1. The van der Waals surface area contributed by atoms with Crippen molar-refractivity contribution in [2.24, 2.45) is 5.92 Å². The number of piperidine rings is 1. The number of hydrogen-bond acceptors (Lipinski definition) is 4. The number of likely N-dealkylation sites (tertiary alicyclic amines) is 1. The van der Waals surface area contributed by atoms with Crippen LogP contribution in [-0.2, 0) is 21.4 Å². The lowest BCUT2D eigenvalue weighted by molar-refractivity contribution is -0.121. The molecule has 34 heavy (non-hydrogen) atoms. The van der Waals surface area contributed by atoms with E-state index in [-0.39, 0.29) is 16.7 Å². The van der Waals surface area contributed by atoms with Crippen molar-refractivity contribution in [1.29, 1.82) is 0 Å². The minimum atomic E-state index is -3.70. The molecular weight excluding hydrogens is 470 g/mol. The van der Waals surface area contributed by atoms with E-state index in [1.807, 2.05) is 37.3 Å². The van der Waals surface area contributed by atoms with Gasteiger partial charge < -0.3 is 5.32 Å². The standard InChI is InChI=1S/C26H28ClN3O3S/c1-19-5-7-24(8-6-19)29-34(32,33)25-11-9-23(10-12-25)28-26(31)21-13-15-30(16-14-21)18-20-3-2-4-22(27)17-20/h2-12,17,21,29H,13-16,18H2,1H3,(H,28,31). The van der Waals surface area contributed by atoms with Crippen LogP contribution in [0.15, 0.2) is 77.7 Å². The Kier molecular flexibility index (Phi) is 7.56. The smallest absolute Gasteiger partial charge is 0.261 e. The van der Waals surface area contributed by atoms with Crippen molar-refractivity contribution in [3.05, 3.63) is 88.9 Å². The van der Waals surface area contributed by atoms with E-state index in [4.69, 9.17) is 11.6 Å². The maximum absolute atomic E-state index is 12.7. The van der Waals surface area contributed by atoms with Gasteiger partial charge in [0, 0.05) is 28.9 Å². The summed E-state index contributed by atoms with van der Waals surface area (Å²) in [5.41, 5.74) is 3.31. The van der Waals surface area contributed by atoms with Crippen LogP contribution < -0.4 is 10.0 Å². The zero-order valence-corrected chi connectivity index (χ0v) is 20.6. The molecule has 1 fully saturated rings. The number of anilines is 2. The van der Waals surface area contributed by atoms with Gasteiger partial charge in [-0.3, -0.25) is 14.4 Å². The summed E-state index contributed by atoms with van der Waals surface area (Å²) in [6.45, 7) is 4.44. The monoisotopic (exact) mass is 497 g/mol. The number of sulfonamides is 1. The number of amides is 1. The third-order valence-corrected chi connectivity index (χ3v) is 7.62. The van der Waals surface area contributed by atoms with Crippen LogP contribution in [0.3, 0.4) is 0 Å². The van der Waals surface area contributed by atoms with Gasteiger partial charge in [0.25, 0.3) is 10.0 Å². The van der Waals surface area contributed by atoms with Crippen LogP contribution in [0.25, 0.3) is 0 Å². The van der Waals surface area contributed by atoms with Crippen molar-refractivity contribution in [3.8, 4) is 0 Å². The van der Waals surface area contributed by atoms with E-state index < -0.39 is 10.0 Å². The van der Waals surface area contributed by atoms with Gasteiger partial charge in [0.15, 0.2) is 0 Å². The van der Waals surface area contributed by atoms with Gasteiger partial charge in [0.2, 0.25) is 5.91 Å². The number of benzene rings is 3. The van der Waals surface area contributed by atoms with Crippen molar-refractivity contribution in [1.82, 2.24) is 4.90 Å².